The minimum atomic E-state index is -0.257. The summed E-state index contributed by atoms with van der Waals surface area (Å²) >= 11 is 0. The van der Waals surface area contributed by atoms with Crippen LogP contribution in [0.1, 0.15) is 16.7 Å². The molecule has 0 atom stereocenters. The van der Waals surface area contributed by atoms with Gasteiger partial charge in [0.2, 0.25) is 0 Å². The van der Waals surface area contributed by atoms with E-state index in [9.17, 15) is 4.79 Å². The summed E-state index contributed by atoms with van der Waals surface area (Å²) in [4.78, 5) is 12.2. The number of methoxy groups -OCH3 is 2. The topological polar surface area (TPSA) is 68.8 Å². The van der Waals surface area contributed by atoms with Crippen LogP contribution in [0, 0.1) is 13.8 Å². The summed E-state index contributed by atoms with van der Waals surface area (Å²) < 4.78 is 16.2. The maximum absolute atomic E-state index is 12.2. The number of hydrogen-bond acceptors (Lipinski definition) is 5. The van der Waals surface area contributed by atoms with Crippen LogP contribution in [-0.4, -0.2) is 26.7 Å². The normalized spacial score (nSPS) is 10.3. The first-order chi connectivity index (χ1) is 15.0. The summed E-state index contributed by atoms with van der Waals surface area (Å²) in [6.07, 6.45) is 0. The molecule has 3 aromatic rings. The summed E-state index contributed by atoms with van der Waals surface area (Å²) in [6.45, 7) is 4.72. The molecule has 6 nitrogen and oxygen atoms in total. The molecular formula is C25H28N2O4. The van der Waals surface area contributed by atoms with E-state index in [1.165, 1.54) is 11.1 Å². The van der Waals surface area contributed by atoms with Crippen molar-refractivity contribution in [2.24, 2.45) is 0 Å². The SMILES string of the molecule is COc1ccc(NC(=O)COc2ccc(CNc3ccc(C)c(C)c3)cc2OC)cc1. The fourth-order valence-corrected chi connectivity index (χ4v) is 3.01. The highest BCUT2D eigenvalue weighted by atomic mass is 16.5. The molecule has 0 aliphatic carbocycles. The lowest BCUT2D eigenvalue weighted by molar-refractivity contribution is -0.118. The largest absolute Gasteiger partial charge is 0.497 e. The Balaban J connectivity index is 1.56. The third-order valence-electron chi connectivity index (χ3n) is 4.96. The Morgan fingerprint density at radius 1 is 0.806 bits per heavy atom. The molecule has 6 heteroatoms. The van der Waals surface area contributed by atoms with E-state index in [4.69, 9.17) is 14.2 Å². The van der Waals surface area contributed by atoms with Gasteiger partial charge in [0.05, 0.1) is 14.2 Å². The predicted molar refractivity (Wildman–Crippen MR) is 123 cm³/mol. The number of nitrogens with one attached hydrogen (secondary N) is 2. The first-order valence-corrected chi connectivity index (χ1v) is 10.0. The first kappa shape index (κ1) is 22.0. The lowest BCUT2D eigenvalue weighted by Crippen LogP contribution is -2.20. The molecule has 0 fully saturated rings. The second-order valence-electron chi connectivity index (χ2n) is 7.20. The van der Waals surface area contributed by atoms with Crippen LogP contribution < -0.4 is 24.8 Å². The Morgan fingerprint density at radius 2 is 1.55 bits per heavy atom. The van der Waals surface area contributed by atoms with Gasteiger partial charge < -0.3 is 24.8 Å². The Labute approximate surface area is 183 Å². The van der Waals surface area contributed by atoms with Gasteiger partial charge in [-0.2, -0.15) is 0 Å². The summed E-state index contributed by atoms with van der Waals surface area (Å²) in [5, 5.41) is 6.20. The van der Waals surface area contributed by atoms with Gasteiger partial charge in [-0.15, -0.1) is 0 Å². The average molecular weight is 421 g/mol. The van der Waals surface area contributed by atoms with Crippen molar-refractivity contribution in [2.45, 2.75) is 20.4 Å². The van der Waals surface area contributed by atoms with Crippen molar-refractivity contribution in [3.8, 4) is 17.2 Å². The van der Waals surface area contributed by atoms with Crippen molar-refractivity contribution in [3.63, 3.8) is 0 Å². The molecule has 3 aromatic carbocycles. The van der Waals surface area contributed by atoms with Crippen molar-refractivity contribution in [2.75, 3.05) is 31.5 Å². The van der Waals surface area contributed by atoms with Crippen LogP contribution in [-0.2, 0) is 11.3 Å². The molecule has 0 saturated heterocycles. The van der Waals surface area contributed by atoms with E-state index < -0.39 is 0 Å². The van der Waals surface area contributed by atoms with Crippen molar-refractivity contribution < 1.29 is 19.0 Å². The second-order valence-corrected chi connectivity index (χ2v) is 7.20. The standard InChI is InChI=1S/C25H28N2O4/c1-17-5-7-21(13-18(17)2)26-15-19-6-12-23(24(14-19)30-4)31-16-25(28)27-20-8-10-22(29-3)11-9-20/h5-14,26H,15-16H2,1-4H3,(H,27,28). The smallest absolute Gasteiger partial charge is 0.262 e. The fourth-order valence-electron chi connectivity index (χ4n) is 3.01. The van der Waals surface area contributed by atoms with Crippen LogP contribution in [0.25, 0.3) is 0 Å². The van der Waals surface area contributed by atoms with Crippen molar-refractivity contribution in [3.05, 3.63) is 77.4 Å². The van der Waals surface area contributed by atoms with Crippen LogP contribution >= 0.6 is 0 Å². The molecule has 0 heterocycles. The quantitative estimate of drug-likeness (QED) is 0.513. The number of ether oxygens (including phenoxy) is 3. The molecule has 3 rings (SSSR count). The van der Waals surface area contributed by atoms with E-state index in [0.717, 1.165) is 17.0 Å². The number of hydrogen-bond donors (Lipinski definition) is 2. The Bertz CT molecular complexity index is 1030. The molecule has 0 unspecified atom stereocenters. The molecule has 31 heavy (non-hydrogen) atoms. The lowest BCUT2D eigenvalue weighted by atomic mass is 10.1. The van der Waals surface area contributed by atoms with Gasteiger partial charge in [0.15, 0.2) is 18.1 Å². The van der Waals surface area contributed by atoms with E-state index in [1.54, 1.807) is 38.5 Å². The van der Waals surface area contributed by atoms with Crippen molar-refractivity contribution >= 4 is 17.3 Å². The predicted octanol–water partition coefficient (Wildman–Crippen LogP) is 4.95. The number of carbonyl (C=O) groups is 1. The van der Waals surface area contributed by atoms with Crippen LogP contribution in [0.5, 0.6) is 17.2 Å². The van der Waals surface area contributed by atoms with E-state index in [-0.39, 0.29) is 12.5 Å². The monoisotopic (exact) mass is 420 g/mol. The van der Waals surface area contributed by atoms with Gasteiger partial charge in [-0.3, -0.25) is 4.79 Å². The van der Waals surface area contributed by atoms with E-state index in [1.807, 2.05) is 18.2 Å². The van der Waals surface area contributed by atoms with Crippen molar-refractivity contribution in [1.82, 2.24) is 0 Å². The van der Waals surface area contributed by atoms with Crippen LogP contribution in [0.2, 0.25) is 0 Å². The minimum Gasteiger partial charge on any atom is -0.497 e. The Morgan fingerprint density at radius 3 is 2.23 bits per heavy atom. The zero-order valence-corrected chi connectivity index (χ0v) is 18.3. The molecule has 2 N–H and O–H groups in total. The molecule has 0 radical (unpaired) electrons. The summed E-state index contributed by atoms with van der Waals surface area (Å²) in [6, 6.07) is 19.1. The van der Waals surface area contributed by atoms with Crippen LogP contribution in [0.3, 0.4) is 0 Å². The number of amides is 1. The molecule has 0 saturated carbocycles. The number of aryl methyl sites for hydroxylation is 2. The zero-order valence-electron chi connectivity index (χ0n) is 18.3. The van der Waals surface area contributed by atoms with Gasteiger partial charge in [-0.25, -0.2) is 0 Å². The van der Waals surface area contributed by atoms with Gasteiger partial charge >= 0.3 is 0 Å². The van der Waals surface area contributed by atoms with Gasteiger partial charge in [-0.05, 0) is 79.1 Å². The van der Waals surface area contributed by atoms with Gasteiger partial charge in [0.25, 0.3) is 5.91 Å². The first-order valence-electron chi connectivity index (χ1n) is 10.0. The van der Waals surface area contributed by atoms with Gasteiger partial charge in [0, 0.05) is 17.9 Å². The molecule has 0 spiro atoms. The highest BCUT2D eigenvalue weighted by molar-refractivity contribution is 5.91. The number of rotatable bonds is 9. The molecule has 0 aliphatic heterocycles. The number of benzene rings is 3. The van der Waals surface area contributed by atoms with Gasteiger partial charge in [-0.1, -0.05) is 12.1 Å². The second kappa shape index (κ2) is 10.4. The highest BCUT2D eigenvalue weighted by Crippen LogP contribution is 2.28. The molecule has 1 amide bonds. The number of carbonyl (C=O) groups excluding carboxylic acids is 1. The maximum Gasteiger partial charge on any atom is 0.262 e. The third kappa shape index (κ3) is 6.15. The van der Waals surface area contributed by atoms with Gasteiger partial charge in [0.1, 0.15) is 5.75 Å². The molecule has 162 valence electrons. The minimum absolute atomic E-state index is 0.122. The lowest BCUT2D eigenvalue weighted by Gasteiger charge is -2.13. The summed E-state index contributed by atoms with van der Waals surface area (Å²) in [5.74, 6) is 1.57. The molecular weight excluding hydrogens is 392 g/mol. The Kier molecular flexibility index (Phi) is 7.38. The molecule has 0 aliphatic rings. The van der Waals surface area contributed by atoms with Crippen LogP contribution in [0.4, 0.5) is 11.4 Å². The summed E-state index contributed by atoms with van der Waals surface area (Å²) in [7, 11) is 3.18. The summed E-state index contributed by atoms with van der Waals surface area (Å²) in [5.41, 5.74) is 5.31. The molecule has 0 aromatic heterocycles. The average Bonchev–Trinajstić information content (AvgIpc) is 2.79. The third-order valence-corrected chi connectivity index (χ3v) is 4.96. The maximum atomic E-state index is 12.2. The van der Waals surface area contributed by atoms with Crippen LogP contribution in [0.15, 0.2) is 60.7 Å². The van der Waals surface area contributed by atoms with Crippen molar-refractivity contribution in [1.29, 1.82) is 0 Å². The highest BCUT2D eigenvalue weighted by Gasteiger charge is 2.09. The fraction of sp³-hybridized carbons (Fsp3) is 0.240. The molecule has 0 bridgehead atoms. The van der Waals surface area contributed by atoms with E-state index >= 15 is 0 Å². The van der Waals surface area contributed by atoms with E-state index in [0.29, 0.717) is 23.7 Å². The van der Waals surface area contributed by atoms with E-state index in [2.05, 4.69) is 42.7 Å². The Hall–Kier alpha value is -3.67. The number of anilines is 2. The zero-order chi connectivity index (χ0) is 22.2.